The van der Waals surface area contributed by atoms with E-state index in [2.05, 4.69) is 9.73 Å². The molecule has 0 bridgehead atoms. The maximum atomic E-state index is 10.8. The average molecular weight is 171 g/mol. The van der Waals surface area contributed by atoms with E-state index >= 15 is 0 Å². The van der Waals surface area contributed by atoms with Gasteiger partial charge in [0.1, 0.15) is 5.78 Å². The first-order chi connectivity index (χ1) is 5.61. The summed E-state index contributed by atoms with van der Waals surface area (Å²) < 4.78 is 4.28. The Morgan fingerprint density at radius 1 is 1.58 bits per heavy atom. The highest BCUT2D eigenvalue weighted by Gasteiger charge is 2.08. The smallest absolute Gasteiger partial charge is 0.432 e. The van der Waals surface area contributed by atoms with E-state index in [1.54, 1.807) is 0 Å². The van der Waals surface area contributed by atoms with E-state index in [0.29, 0.717) is 6.42 Å². The van der Waals surface area contributed by atoms with Crippen molar-refractivity contribution >= 4 is 18.1 Å². The van der Waals surface area contributed by atoms with Gasteiger partial charge in [-0.15, -0.1) is 0 Å². The molecule has 12 heavy (non-hydrogen) atoms. The number of nitrogens with zero attached hydrogens (tertiary/aromatic N) is 1. The van der Waals surface area contributed by atoms with Gasteiger partial charge < -0.3 is 4.74 Å². The van der Waals surface area contributed by atoms with Crippen molar-refractivity contribution in [3.63, 3.8) is 0 Å². The predicted molar refractivity (Wildman–Crippen MR) is 45.4 cm³/mol. The second-order valence-corrected chi connectivity index (χ2v) is 2.37. The zero-order valence-electron chi connectivity index (χ0n) is 7.53. The lowest BCUT2D eigenvalue weighted by atomic mass is 10.0. The molecule has 0 aromatic carbocycles. The number of methoxy groups -OCH3 is 1. The molecule has 0 rings (SSSR count). The normalized spacial score (nSPS) is 12.9. The van der Waals surface area contributed by atoms with Crippen LogP contribution in [0.15, 0.2) is 4.99 Å². The van der Waals surface area contributed by atoms with Gasteiger partial charge in [-0.3, -0.25) is 4.79 Å². The summed E-state index contributed by atoms with van der Waals surface area (Å²) in [5.41, 5.74) is 0. The number of carbonyl (C=O) groups is 2. The van der Waals surface area contributed by atoms with Crippen molar-refractivity contribution in [1.29, 1.82) is 0 Å². The van der Waals surface area contributed by atoms with E-state index in [9.17, 15) is 9.59 Å². The van der Waals surface area contributed by atoms with E-state index in [-0.39, 0.29) is 11.7 Å². The fourth-order valence-electron chi connectivity index (χ4n) is 0.701. The number of aliphatic imine (C=N–C) groups is 1. The first-order valence-corrected chi connectivity index (χ1v) is 3.74. The molecule has 0 aromatic rings. The standard InChI is InChI=1S/C8H13NO3/c1-4-7(6(2)10)5-9-8(11)12-3/h5,7H,4H2,1-3H3. The zero-order valence-corrected chi connectivity index (χ0v) is 7.53. The molecule has 68 valence electrons. The van der Waals surface area contributed by atoms with Crippen molar-refractivity contribution in [3.8, 4) is 0 Å². The van der Waals surface area contributed by atoms with Crippen LogP contribution in [0, 0.1) is 5.92 Å². The van der Waals surface area contributed by atoms with Gasteiger partial charge in [0.15, 0.2) is 0 Å². The summed E-state index contributed by atoms with van der Waals surface area (Å²) >= 11 is 0. The predicted octanol–water partition coefficient (Wildman–Crippen LogP) is 1.44. The molecule has 0 radical (unpaired) electrons. The summed E-state index contributed by atoms with van der Waals surface area (Å²) in [5.74, 6) is -0.269. The van der Waals surface area contributed by atoms with Crippen molar-refractivity contribution in [2.45, 2.75) is 20.3 Å². The van der Waals surface area contributed by atoms with Crippen molar-refractivity contribution in [2.75, 3.05) is 7.11 Å². The number of rotatable bonds is 3. The molecule has 0 heterocycles. The molecule has 0 saturated carbocycles. The molecular weight excluding hydrogens is 158 g/mol. The van der Waals surface area contributed by atoms with Crippen LogP contribution in [0.2, 0.25) is 0 Å². The zero-order chi connectivity index (χ0) is 9.56. The topological polar surface area (TPSA) is 55.7 Å². The number of ether oxygens (including phenoxy) is 1. The van der Waals surface area contributed by atoms with Gasteiger partial charge in [0, 0.05) is 6.21 Å². The number of ketones is 1. The average Bonchev–Trinajstić information content (AvgIpc) is 2.04. The van der Waals surface area contributed by atoms with Crippen molar-refractivity contribution in [1.82, 2.24) is 0 Å². The Morgan fingerprint density at radius 3 is 2.50 bits per heavy atom. The summed E-state index contributed by atoms with van der Waals surface area (Å²) in [7, 11) is 1.24. The summed E-state index contributed by atoms with van der Waals surface area (Å²) in [6, 6.07) is 0. The Labute approximate surface area is 71.6 Å². The Hall–Kier alpha value is -1.19. The summed E-state index contributed by atoms with van der Waals surface area (Å²) in [6.45, 7) is 3.33. The van der Waals surface area contributed by atoms with Crippen LogP contribution in [0.4, 0.5) is 4.79 Å². The van der Waals surface area contributed by atoms with E-state index < -0.39 is 6.09 Å². The highest BCUT2D eigenvalue weighted by molar-refractivity contribution is 5.96. The molecule has 0 N–H and O–H groups in total. The fourth-order valence-corrected chi connectivity index (χ4v) is 0.701. The van der Waals surface area contributed by atoms with Crippen molar-refractivity contribution in [3.05, 3.63) is 0 Å². The Kier molecular flexibility index (Phi) is 4.92. The molecule has 0 aliphatic rings. The third-order valence-electron chi connectivity index (χ3n) is 1.50. The molecule has 0 aromatic heterocycles. The lowest BCUT2D eigenvalue weighted by Crippen LogP contribution is -2.12. The van der Waals surface area contributed by atoms with Gasteiger partial charge in [-0.2, -0.15) is 4.99 Å². The second kappa shape index (κ2) is 5.46. The molecule has 4 nitrogen and oxygen atoms in total. The molecule has 1 atom stereocenters. The van der Waals surface area contributed by atoms with Gasteiger partial charge in [-0.25, -0.2) is 4.79 Å². The number of carbonyl (C=O) groups excluding carboxylic acids is 2. The summed E-state index contributed by atoms with van der Waals surface area (Å²) in [5, 5.41) is 0. The molecule has 0 saturated heterocycles. The van der Waals surface area contributed by atoms with Crippen LogP contribution in [0.5, 0.6) is 0 Å². The molecule has 1 amide bonds. The van der Waals surface area contributed by atoms with Crippen molar-refractivity contribution < 1.29 is 14.3 Å². The van der Waals surface area contributed by atoms with Crippen LogP contribution in [-0.2, 0) is 9.53 Å². The maximum absolute atomic E-state index is 10.8. The minimum Gasteiger partial charge on any atom is -0.451 e. The lowest BCUT2D eigenvalue weighted by molar-refractivity contribution is -0.118. The van der Waals surface area contributed by atoms with Crippen LogP contribution in [0.25, 0.3) is 0 Å². The Balaban J connectivity index is 4.10. The van der Waals surface area contributed by atoms with Crippen LogP contribution >= 0.6 is 0 Å². The molecule has 1 unspecified atom stereocenters. The maximum Gasteiger partial charge on any atom is 0.432 e. The molecular formula is C8H13NO3. The molecule has 0 aliphatic carbocycles. The first-order valence-electron chi connectivity index (χ1n) is 3.74. The van der Waals surface area contributed by atoms with E-state index in [4.69, 9.17) is 0 Å². The van der Waals surface area contributed by atoms with Gasteiger partial charge in [-0.1, -0.05) is 6.92 Å². The van der Waals surface area contributed by atoms with Crippen molar-refractivity contribution in [2.24, 2.45) is 10.9 Å². The van der Waals surface area contributed by atoms with E-state index in [1.165, 1.54) is 20.2 Å². The Morgan fingerprint density at radius 2 is 2.17 bits per heavy atom. The van der Waals surface area contributed by atoms with E-state index in [0.717, 1.165) is 0 Å². The third kappa shape index (κ3) is 3.85. The van der Waals surface area contributed by atoms with Gasteiger partial charge in [0.25, 0.3) is 0 Å². The number of Topliss-reactive ketones (excluding diaryl/α,β-unsaturated/α-hetero) is 1. The largest absolute Gasteiger partial charge is 0.451 e. The second-order valence-electron chi connectivity index (χ2n) is 2.37. The first kappa shape index (κ1) is 10.8. The van der Waals surface area contributed by atoms with Crippen LogP contribution in [-0.4, -0.2) is 25.2 Å². The Bertz CT molecular complexity index is 198. The summed E-state index contributed by atoms with van der Waals surface area (Å²) in [6.07, 6.45) is 1.30. The third-order valence-corrected chi connectivity index (χ3v) is 1.50. The monoisotopic (exact) mass is 171 g/mol. The van der Waals surface area contributed by atoms with Crippen LogP contribution in [0.3, 0.4) is 0 Å². The summed E-state index contributed by atoms with van der Waals surface area (Å²) in [4.78, 5) is 24.8. The molecule has 0 fully saturated rings. The molecule has 0 spiro atoms. The van der Waals surface area contributed by atoms with Gasteiger partial charge >= 0.3 is 6.09 Å². The van der Waals surface area contributed by atoms with Gasteiger partial charge in [0.05, 0.1) is 13.0 Å². The highest BCUT2D eigenvalue weighted by atomic mass is 16.5. The van der Waals surface area contributed by atoms with E-state index in [1.807, 2.05) is 6.92 Å². The van der Waals surface area contributed by atoms with Gasteiger partial charge in [0.2, 0.25) is 0 Å². The number of hydrogen-bond acceptors (Lipinski definition) is 3. The minimum absolute atomic E-state index is 0.00477. The minimum atomic E-state index is -0.672. The highest BCUT2D eigenvalue weighted by Crippen LogP contribution is 2.00. The lowest BCUT2D eigenvalue weighted by Gasteiger charge is -2.01. The number of hydrogen-bond donors (Lipinski definition) is 0. The van der Waals surface area contributed by atoms with Gasteiger partial charge in [-0.05, 0) is 13.3 Å². The number of amides is 1. The van der Waals surface area contributed by atoms with Crippen LogP contribution in [0.1, 0.15) is 20.3 Å². The fraction of sp³-hybridized carbons (Fsp3) is 0.625. The van der Waals surface area contributed by atoms with Crippen LogP contribution < -0.4 is 0 Å². The SMILES string of the molecule is CCC(C=NC(=O)OC)C(C)=O. The molecule has 4 heteroatoms. The molecule has 0 aliphatic heterocycles. The quantitative estimate of drug-likeness (QED) is 0.604.